The Hall–Kier alpha value is -1.56. The Morgan fingerprint density at radius 3 is 2.40 bits per heavy atom. The molecule has 1 amide bonds. The molecule has 112 valence electrons. The lowest BCUT2D eigenvalue weighted by Gasteiger charge is -2.14. The van der Waals surface area contributed by atoms with Crippen LogP contribution >= 0.6 is 0 Å². The molecule has 0 aliphatic rings. The van der Waals surface area contributed by atoms with Crippen molar-refractivity contribution in [1.82, 2.24) is 5.32 Å². The molecule has 1 rings (SSSR count). The summed E-state index contributed by atoms with van der Waals surface area (Å²) in [6.07, 6.45) is 1.11. The second-order valence-corrected chi connectivity index (χ2v) is 6.93. The molecule has 0 fully saturated rings. The van der Waals surface area contributed by atoms with Gasteiger partial charge >= 0.3 is 0 Å². The average Bonchev–Trinajstić information content (AvgIpc) is 2.37. The molecule has 0 aliphatic carbocycles. The van der Waals surface area contributed by atoms with Gasteiger partial charge in [0, 0.05) is 12.7 Å². The summed E-state index contributed by atoms with van der Waals surface area (Å²) < 4.78 is 27.3. The quantitative estimate of drug-likeness (QED) is 0.831. The highest BCUT2D eigenvalue weighted by Gasteiger charge is 2.12. The highest BCUT2D eigenvalue weighted by Crippen LogP contribution is 2.17. The van der Waals surface area contributed by atoms with E-state index in [4.69, 9.17) is 4.74 Å². The lowest BCUT2D eigenvalue weighted by Crippen LogP contribution is -2.28. The summed E-state index contributed by atoms with van der Waals surface area (Å²) in [5.74, 6) is 0.387. The van der Waals surface area contributed by atoms with Gasteiger partial charge in [0.2, 0.25) is 5.91 Å². The highest BCUT2D eigenvalue weighted by molar-refractivity contribution is 7.90. The van der Waals surface area contributed by atoms with E-state index < -0.39 is 9.84 Å². The fourth-order valence-electron chi connectivity index (χ4n) is 1.69. The van der Waals surface area contributed by atoms with Crippen LogP contribution < -0.4 is 10.1 Å². The summed E-state index contributed by atoms with van der Waals surface area (Å²) in [6.45, 7) is 4.38. The number of rotatable bonds is 7. The largest absolute Gasteiger partial charge is 0.494 e. The molecule has 0 spiro atoms. The highest BCUT2D eigenvalue weighted by atomic mass is 32.2. The number of carbonyl (C=O) groups excluding carboxylic acids is 1. The van der Waals surface area contributed by atoms with Gasteiger partial charge in [0.25, 0.3) is 0 Å². The normalized spacial score (nSPS) is 12.8. The third kappa shape index (κ3) is 6.06. The van der Waals surface area contributed by atoms with E-state index >= 15 is 0 Å². The van der Waals surface area contributed by atoms with Crippen LogP contribution in [-0.2, 0) is 14.6 Å². The number of ether oxygens (including phenoxy) is 1. The van der Waals surface area contributed by atoms with E-state index in [1.165, 1.54) is 0 Å². The Balaban J connectivity index is 2.53. The first-order chi connectivity index (χ1) is 9.31. The SMILES string of the molecule is CCOc1ccc([C@H](C)NC(=O)CCS(C)(=O)=O)cc1. The molecule has 1 aromatic rings. The van der Waals surface area contributed by atoms with Gasteiger partial charge in [-0.05, 0) is 31.5 Å². The minimum absolute atomic E-state index is 0.0137. The van der Waals surface area contributed by atoms with Gasteiger partial charge in [-0.25, -0.2) is 8.42 Å². The maximum atomic E-state index is 11.6. The monoisotopic (exact) mass is 299 g/mol. The van der Waals surface area contributed by atoms with Crippen LogP contribution in [0.15, 0.2) is 24.3 Å². The zero-order chi connectivity index (χ0) is 15.2. The van der Waals surface area contributed by atoms with E-state index in [2.05, 4.69) is 5.32 Å². The van der Waals surface area contributed by atoms with E-state index in [1.54, 1.807) is 0 Å². The second-order valence-electron chi connectivity index (χ2n) is 4.67. The molecule has 0 aliphatic heterocycles. The van der Waals surface area contributed by atoms with E-state index in [1.807, 2.05) is 38.1 Å². The summed E-state index contributed by atoms with van der Waals surface area (Å²) in [4.78, 5) is 11.6. The summed E-state index contributed by atoms with van der Waals surface area (Å²) in [6, 6.07) is 7.28. The van der Waals surface area contributed by atoms with Gasteiger partial charge in [-0.3, -0.25) is 4.79 Å². The first-order valence-electron chi connectivity index (χ1n) is 6.51. The first kappa shape index (κ1) is 16.5. The second kappa shape index (κ2) is 7.28. The molecule has 20 heavy (non-hydrogen) atoms. The summed E-state index contributed by atoms with van der Waals surface area (Å²) in [5, 5.41) is 2.78. The minimum Gasteiger partial charge on any atom is -0.494 e. The van der Waals surface area contributed by atoms with Crippen molar-refractivity contribution in [3.8, 4) is 5.75 Å². The smallest absolute Gasteiger partial charge is 0.221 e. The fraction of sp³-hybridized carbons (Fsp3) is 0.500. The van der Waals surface area contributed by atoms with Crippen LogP contribution in [0.2, 0.25) is 0 Å². The molecule has 0 saturated carbocycles. The molecule has 1 N–H and O–H groups in total. The van der Waals surface area contributed by atoms with Gasteiger partial charge in [-0.15, -0.1) is 0 Å². The van der Waals surface area contributed by atoms with Crippen LogP contribution in [0, 0.1) is 0 Å². The molecule has 0 aromatic heterocycles. The van der Waals surface area contributed by atoms with Crippen LogP contribution in [0.1, 0.15) is 31.9 Å². The van der Waals surface area contributed by atoms with Gasteiger partial charge in [0.1, 0.15) is 15.6 Å². The standard InChI is InChI=1S/C14H21NO4S/c1-4-19-13-7-5-12(6-8-13)11(2)15-14(16)9-10-20(3,17)18/h5-8,11H,4,9-10H2,1-3H3,(H,15,16)/t11-/m0/s1. The maximum Gasteiger partial charge on any atom is 0.221 e. The molecular weight excluding hydrogens is 278 g/mol. The number of carbonyl (C=O) groups is 1. The van der Waals surface area contributed by atoms with Crippen LogP contribution in [0.25, 0.3) is 0 Å². The fourth-order valence-corrected chi connectivity index (χ4v) is 2.25. The molecule has 0 saturated heterocycles. The van der Waals surface area contributed by atoms with E-state index in [0.717, 1.165) is 17.6 Å². The Morgan fingerprint density at radius 2 is 1.90 bits per heavy atom. The van der Waals surface area contributed by atoms with Crippen molar-refractivity contribution >= 4 is 15.7 Å². The summed E-state index contributed by atoms with van der Waals surface area (Å²) in [7, 11) is -3.11. The Labute approximate surface area is 120 Å². The van der Waals surface area contributed by atoms with Gasteiger partial charge < -0.3 is 10.1 Å². The first-order valence-corrected chi connectivity index (χ1v) is 8.57. The molecule has 0 unspecified atom stereocenters. The number of sulfone groups is 1. The maximum absolute atomic E-state index is 11.6. The predicted molar refractivity (Wildman–Crippen MR) is 78.5 cm³/mol. The molecular formula is C14H21NO4S. The molecule has 5 nitrogen and oxygen atoms in total. The third-order valence-electron chi connectivity index (χ3n) is 2.77. The van der Waals surface area contributed by atoms with Gasteiger partial charge in [0.05, 0.1) is 18.4 Å². The summed E-state index contributed by atoms with van der Waals surface area (Å²) in [5.41, 5.74) is 0.946. The topological polar surface area (TPSA) is 72.5 Å². The number of amides is 1. The minimum atomic E-state index is -3.11. The average molecular weight is 299 g/mol. The Morgan fingerprint density at radius 1 is 1.30 bits per heavy atom. The van der Waals surface area contributed by atoms with Crippen LogP contribution in [0.4, 0.5) is 0 Å². The molecule has 0 radical (unpaired) electrons. The zero-order valence-electron chi connectivity index (χ0n) is 12.0. The van der Waals surface area contributed by atoms with Crippen molar-refractivity contribution in [2.45, 2.75) is 26.3 Å². The van der Waals surface area contributed by atoms with Crippen LogP contribution in [0.3, 0.4) is 0 Å². The van der Waals surface area contributed by atoms with E-state index in [9.17, 15) is 13.2 Å². The number of nitrogens with one attached hydrogen (secondary N) is 1. The summed E-state index contributed by atoms with van der Waals surface area (Å²) >= 11 is 0. The predicted octanol–water partition coefficient (Wildman–Crippen LogP) is 1.70. The Kier molecular flexibility index (Phi) is 6.01. The van der Waals surface area contributed by atoms with Gasteiger partial charge in [0.15, 0.2) is 0 Å². The third-order valence-corrected chi connectivity index (χ3v) is 3.71. The number of hydrogen-bond acceptors (Lipinski definition) is 4. The van der Waals surface area contributed by atoms with E-state index in [0.29, 0.717) is 6.61 Å². The van der Waals surface area contributed by atoms with Crippen LogP contribution in [0.5, 0.6) is 5.75 Å². The van der Waals surface area contributed by atoms with Crippen molar-refractivity contribution in [1.29, 1.82) is 0 Å². The molecule has 1 aromatic carbocycles. The molecule has 1 atom stereocenters. The van der Waals surface area contributed by atoms with Crippen molar-refractivity contribution < 1.29 is 17.9 Å². The lowest BCUT2D eigenvalue weighted by molar-refractivity contribution is -0.121. The van der Waals surface area contributed by atoms with E-state index in [-0.39, 0.29) is 24.1 Å². The number of hydrogen-bond donors (Lipinski definition) is 1. The Bertz CT molecular complexity index is 537. The van der Waals surface area contributed by atoms with Gasteiger partial charge in [-0.1, -0.05) is 12.1 Å². The van der Waals surface area contributed by atoms with Crippen molar-refractivity contribution in [2.24, 2.45) is 0 Å². The molecule has 6 heteroatoms. The molecule has 0 heterocycles. The van der Waals surface area contributed by atoms with Crippen molar-refractivity contribution in [3.05, 3.63) is 29.8 Å². The molecule has 0 bridgehead atoms. The number of benzene rings is 1. The lowest BCUT2D eigenvalue weighted by atomic mass is 10.1. The van der Waals surface area contributed by atoms with Crippen LogP contribution in [-0.4, -0.2) is 32.9 Å². The van der Waals surface area contributed by atoms with Gasteiger partial charge in [-0.2, -0.15) is 0 Å². The van der Waals surface area contributed by atoms with Crippen molar-refractivity contribution in [3.63, 3.8) is 0 Å². The zero-order valence-corrected chi connectivity index (χ0v) is 12.9. The van der Waals surface area contributed by atoms with Crippen molar-refractivity contribution in [2.75, 3.05) is 18.6 Å².